The molecule has 0 aliphatic heterocycles. The molecular weight excluding hydrogens is 407 g/mol. The van der Waals surface area contributed by atoms with Gasteiger partial charge in [0.2, 0.25) is 10.0 Å². The number of halogens is 1. The number of amides is 1. The van der Waals surface area contributed by atoms with Crippen molar-refractivity contribution in [3.8, 4) is 5.75 Å². The number of nitrogens with one attached hydrogen (secondary N) is 1. The Kier molecular flexibility index (Phi) is 4.49. The summed E-state index contributed by atoms with van der Waals surface area (Å²) in [4.78, 5) is 12.0. The number of phenols is 1. The molecule has 0 saturated heterocycles. The highest BCUT2D eigenvalue weighted by molar-refractivity contribution is 14.1. The number of sulfonamides is 1. The third-order valence-electron chi connectivity index (χ3n) is 2.65. The molecule has 4 N–H and O–H groups in total. The third-order valence-corrected chi connectivity index (χ3v) is 4.44. The molecule has 8 heteroatoms. The topological polar surface area (TPSA) is 109 Å². The Labute approximate surface area is 135 Å². The second-order valence-electron chi connectivity index (χ2n) is 4.19. The molecule has 0 atom stereocenters. The Morgan fingerprint density at radius 3 is 2.29 bits per heavy atom. The van der Waals surface area contributed by atoms with Crippen LogP contribution < -0.4 is 10.5 Å². The van der Waals surface area contributed by atoms with Crippen LogP contribution in [0.2, 0.25) is 0 Å². The van der Waals surface area contributed by atoms with Crippen LogP contribution in [0.1, 0.15) is 10.4 Å². The summed E-state index contributed by atoms with van der Waals surface area (Å²) in [5.41, 5.74) is 0.822. The van der Waals surface area contributed by atoms with Crippen molar-refractivity contribution in [1.29, 1.82) is 0 Å². The monoisotopic (exact) mass is 418 g/mol. The van der Waals surface area contributed by atoms with Gasteiger partial charge in [0.15, 0.2) is 0 Å². The Bertz CT molecular complexity index is 788. The second-order valence-corrected chi connectivity index (χ2v) is 6.91. The minimum absolute atomic E-state index is 0.0281. The number of benzene rings is 2. The van der Waals surface area contributed by atoms with Crippen molar-refractivity contribution in [1.82, 2.24) is 0 Å². The molecule has 0 heterocycles. The van der Waals surface area contributed by atoms with Crippen LogP contribution in [0.25, 0.3) is 0 Å². The van der Waals surface area contributed by atoms with Gasteiger partial charge < -0.3 is 10.4 Å². The van der Waals surface area contributed by atoms with Gasteiger partial charge in [0.05, 0.1) is 8.47 Å². The van der Waals surface area contributed by atoms with Gasteiger partial charge in [-0.05, 0) is 65.1 Å². The van der Waals surface area contributed by atoms with E-state index >= 15 is 0 Å². The van der Waals surface area contributed by atoms with E-state index in [-0.39, 0.29) is 16.6 Å². The summed E-state index contributed by atoms with van der Waals surface area (Å²) in [6, 6.07) is 9.99. The zero-order valence-electron chi connectivity index (χ0n) is 10.6. The van der Waals surface area contributed by atoms with Crippen molar-refractivity contribution in [2.75, 3.05) is 5.32 Å². The normalized spacial score (nSPS) is 11.1. The smallest absolute Gasteiger partial charge is 0.255 e. The van der Waals surface area contributed by atoms with Crippen LogP contribution in [0, 0.1) is 3.57 Å². The molecule has 2 aromatic rings. The Balaban J connectivity index is 2.18. The van der Waals surface area contributed by atoms with Gasteiger partial charge in [-0.3, -0.25) is 4.79 Å². The zero-order valence-corrected chi connectivity index (χ0v) is 13.6. The first-order valence-electron chi connectivity index (χ1n) is 5.70. The van der Waals surface area contributed by atoms with Crippen molar-refractivity contribution in [2.24, 2.45) is 5.14 Å². The fraction of sp³-hybridized carbons (Fsp3) is 0. The second kappa shape index (κ2) is 6.00. The van der Waals surface area contributed by atoms with Crippen molar-refractivity contribution < 1.29 is 18.3 Å². The maximum atomic E-state index is 12.0. The number of hydrogen-bond donors (Lipinski definition) is 3. The van der Waals surface area contributed by atoms with Gasteiger partial charge in [0.25, 0.3) is 5.91 Å². The van der Waals surface area contributed by atoms with Gasteiger partial charge in [-0.1, -0.05) is 0 Å². The van der Waals surface area contributed by atoms with Gasteiger partial charge in [0, 0.05) is 11.3 Å². The van der Waals surface area contributed by atoms with E-state index in [1.54, 1.807) is 6.07 Å². The van der Waals surface area contributed by atoms with E-state index < -0.39 is 10.0 Å². The number of hydrogen-bond acceptors (Lipinski definition) is 4. The fourth-order valence-electron chi connectivity index (χ4n) is 1.58. The molecule has 21 heavy (non-hydrogen) atoms. The molecule has 0 spiro atoms. The Morgan fingerprint density at radius 2 is 1.76 bits per heavy atom. The number of carbonyl (C=O) groups excluding carboxylic acids is 1. The molecule has 0 aliphatic rings. The number of nitrogens with two attached hydrogens (primary N) is 1. The maximum absolute atomic E-state index is 12.0. The van der Waals surface area contributed by atoms with E-state index in [4.69, 9.17) is 5.14 Å². The molecular formula is C13H11IN2O4S. The number of aromatic hydroxyl groups is 1. The highest BCUT2D eigenvalue weighted by Crippen LogP contribution is 2.21. The standard InChI is InChI=1S/C13H11IN2O4S/c14-11-7-8(1-6-12(11)17)13(18)16-9-2-4-10(5-3-9)21(15,19)20/h1-7,17H,(H,16,18)(H2,15,19,20). The van der Waals surface area contributed by atoms with Crippen molar-refractivity contribution in [2.45, 2.75) is 4.90 Å². The minimum atomic E-state index is -3.75. The predicted octanol–water partition coefficient (Wildman–Crippen LogP) is 1.90. The van der Waals surface area contributed by atoms with E-state index in [2.05, 4.69) is 5.32 Å². The summed E-state index contributed by atoms with van der Waals surface area (Å²) in [5, 5.41) is 17.0. The van der Waals surface area contributed by atoms with E-state index in [0.717, 1.165) is 0 Å². The van der Waals surface area contributed by atoms with Gasteiger partial charge in [0.1, 0.15) is 5.75 Å². The largest absolute Gasteiger partial charge is 0.507 e. The number of anilines is 1. The summed E-state index contributed by atoms with van der Waals surface area (Å²) in [5.74, 6) is -0.263. The zero-order chi connectivity index (χ0) is 15.6. The molecule has 2 aromatic carbocycles. The highest BCUT2D eigenvalue weighted by Gasteiger charge is 2.10. The highest BCUT2D eigenvalue weighted by atomic mass is 127. The first-order valence-corrected chi connectivity index (χ1v) is 8.32. The molecule has 0 radical (unpaired) electrons. The first-order chi connectivity index (χ1) is 9.77. The lowest BCUT2D eigenvalue weighted by Crippen LogP contribution is -2.14. The molecule has 0 aromatic heterocycles. The van der Waals surface area contributed by atoms with Crippen LogP contribution in [0.5, 0.6) is 5.75 Å². The third kappa shape index (κ3) is 3.93. The molecule has 2 rings (SSSR count). The molecule has 0 bridgehead atoms. The van der Waals surface area contributed by atoms with Crippen molar-refractivity contribution >= 4 is 44.2 Å². The summed E-state index contributed by atoms with van der Waals surface area (Å²) < 4.78 is 22.8. The number of rotatable bonds is 3. The number of carbonyl (C=O) groups is 1. The Morgan fingerprint density at radius 1 is 1.14 bits per heavy atom. The fourth-order valence-corrected chi connectivity index (χ4v) is 2.61. The van der Waals surface area contributed by atoms with E-state index in [9.17, 15) is 18.3 Å². The summed E-state index contributed by atoms with van der Waals surface area (Å²) in [6.45, 7) is 0. The Hall–Kier alpha value is -1.65. The molecule has 6 nitrogen and oxygen atoms in total. The van der Waals surface area contributed by atoms with Gasteiger partial charge in [-0.2, -0.15) is 0 Å². The molecule has 0 fully saturated rings. The van der Waals surface area contributed by atoms with Crippen LogP contribution >= 0.6 is 22.6 Å². The van der Waals surface area contributed by atoms with Gasteiger partial charge in [-0.15, -0.1) is 0 Å². The minimum Gasteiger partial charge on any atom is -0.507 e. The molecule has 0 aliphatic carbocycles. The van der Waals surface area contributed by atoms with Crippen LogP contribution in [0.4, 0.5) is 5.69 Å². The van der Waals surface area contributed by atoms with Crippen LogP contribution in [-0.2, 0) is 10.0 Å². The molecule has 1 amide bonds. The molecule has 110 valence electrons. The average Bonchev–Trinajstić information content (AvgIpc) is 2.41. The van der Waals surface area contributed by atoms with Crippen molar-refractivity contribution in [3.63, 3.8) is 0 Å². The molecule has 0 saturated carbocycles. The summed E-state index contributed by atoms with van der Waals surface area (Å²) in [6.07, 6.45) is 0. The SMILES string of the molecule is NS(=O)(=O)c1ccc(NC(=O)c2ccc(O)c(I)c2)cc1. The lowest BCUT2D eigenvalue weighted by Gasteiger charge is -2.07. The van der Waals surface area contributed by atoms with E-state index in [1.165, 1.54) is 36.4 Å². The number of primary sulfonamides is 1. The van der Waals surface area contributed by atoms with E-state index in [1.807, 2.05) is 22.6 Å². The van der Waals surface area contributed by atoms with Crippen LogP contribution in [0.15, 0.2) is 47.4 Å². The quantitative estimate of drug-likeness (QED) is 0.662. The van der Waals surface area contributed by atoms with Crippen LogP contribution in [-0.4, -0.2) is 19.4 Å². The number of phenolic OH excluding ortho intramolecular Hbond substituents is 1. The first kappa shape index (κ1) is 15.7. The van der Waals surface area contributed by atoms with Gasteiger partial charge >= 0.3 is 0 Å². The molecule has 0 unspecified atom stereocenters. The maximum Gasteiger partial charge on any atom is 0.255 e. The van der Waals surface area contributed by atoms with Crippen molar-refractivity contribution in [3.05, 3.63) is 51.6 Å². The average molecular weight is 418 g/mol. The van der Waals surface area contributed by atoms with Gasteiger partial charge in [-0.25, -0.2) is 13.6 Å². The van der Waals surface area contributed by atoms with E-state index in [0.29, 0.717) is 14.8 Å². The summed E-state index contributed by atoms with van der Waals surface area (Å²) in [7, 11) is -3.75. The predicted molar refractivity (Wildman–Crippen MR) is 86.6 cm³/mol. The van der Waals surface area contributed by atoms with Crippen LogP contribution in [0.3, 0.4) is 0 Å². The lowest BCUT2D eigenvalue weighted by atomic mass is 10.2. The lowest BCUT2D eigenvalue weighted by molar-refractivity contribution is 0.102. The summed E-state index contributed by atoms with van der Waals surface area (Å²) >= 11 is 1.92.